The fourth-order valence-electron chi connectivity index (χ4n) is 2.59. The lowest BCUT2D eigenvalue weighted by atomic mass is 9.97. The van der Waals surface area contributed by atoms with Gasteiger partial charge in [0.25, 0.3) is 0 Å². The first-order valence-electron chi connectivity index (χ1n) is 7.52. The van der Waals surface area contributed by atoms with Gasteiger partial charge >= 0.3 is 5.97 Å². The Kier molecular flexibility index (Phi) is 5.43. The van der Waals surface area contributed by atoms with Gasteiger partial charge in [0.1, 0.15) is 0 Å². The second-order valence-electron chi connectivity index (χ2n) is 7.47. The molecule has 1 fully saturated rings. The van der Waals surface area contributed by atoms with Crippen LogP contribution in [0.25, 0.3) is 0 Å². The third-order valence-corrected chi connectivity index (χ3v) is 21.4. The molecule has 1 heterocycles. The normalized spacial score (nSPS) is 27.9. The van der Waals surface area contributed by atoms with Crippen LogP contribution in [-0.4, -0.2) is 33.6 Å². The summed E-state index contributed by atoms with van der Waals surface area (Å²) < 4.78 is 11.7. The van der Waals surface area contributed by atoms with Crippen molar-refractivity contribution in [3.05, 3.63) is 12.2 Å². The van der Waals surface area contributed by atoms with Crippen molar-refractivity contribution in [1.82, 2.24) is 0 Å². The van der Waals surface area contributed by atoms with E-state index < -0.39 is 15.4 Å². The molecule has 0 aliphatic carbocycles. The van der Waals surface area contributed by atoms with Gasteiger partial charge in [-0.3, -0.25) is 0 Å². The minimum absolute atomic E-state index is 0.0200. The number of carbonyl (C=O) groups excluding carboxylic acids is 1. The fraction of sp³-hybridized carbons (Fsp3) is 0.800. The lowest BCUT2D eigenvalue weighted by Crippen LogP contribution is -2.64. The van der Waals surface area contributed by atoms with Crippen molar-refractivity contribution in [2.45, 2.75) is 70.9 Å². The molecule has 0 aromatic heterocycles. The highest BCUT2D eigenvalue weighted by molar-refractivity contribution is 7.38. The standard InChI is InChI=1S/C15H30O3Si2/c1-13(2)14(16)17-11-8-9-15(3)10-12-19(4,5)20(6,7)18-15/h1,8-12H2,2-7H3. The van der Waals surface area contributed by atoms with Crippen molar-refractivity contribution in [2.24, 2.45) is 0 Å². The summed E-state index contributed by atoms with van der Waals surface area (Å²) in [7, 11) is -2.70. The Morgan fingerprint density at radius 3 is 2.45 bits per heavy atom. The monoisotopic (exact) mass is 314 g/mol. The van der Waals surface area contributed by atoms with E-state index in [1.54, 1.807) is 6.92 Å². The van der Waals surface area contributed by atoms with Crippen molar-refractivity contribution in [3.8, 4) is 0 Å². The lowest BCUT2D eigenvalue weighted by molar-refractivity contribution is -0.139. The Bertz CT molecular complexity index is 391. The zero-order valence-electron chi connectivity index (χ0n) is 14.0. The quantitative estimate of drug-likeness (QED) is 0.332. The van der Waals surface area contributed by atoms with Crippen molar-refractivity contribution < 1.29 is 14.0 Å². The second kappa shape index (κ2) is 6.16. The maximum Gasteiger partial charge on any atom is 0.333 e. The van der Waals surface area contributed by atoms with E-state index in [0.29, 0.717) is 12.2 Å². The Morgan fingerprint density at radius 1 is 1.35 bits per heavy atom. The van der Waals surface area contributed by atoms with Crippen LogP contribution in [-0.2, 0) is 14.0 Å². The smallest absolute Gasteiger partial charge is 0.333 e. The summed E-state index contributed by atoms with van der Waals surface area (Å²) in [4.78, 5) is 11.3. The Morgan fingerprint density at radius 2 is 1.95 bits per heavy atom. The molecule has 1 unspecified atom stereocenters. The minimum Gasteiger partial charge on any atom is -0.462 e. The number of hydrogen-bond acceptors (Lipinski definition) is 3. The summed E-state index contributed by atoms with van der Waals surface area (Å²) in [6, 6.07) is 1.36. The molecule has 1 aliphatic heterocycles. The number of carbonyl (C=O) groups is 1. The number of ether oxygens (including phenoxy) is 1. The van der Waals surface area contributed by atoms with Crippen molar-refractivity contribution >= 4 is 21.4 Å². The van der Waals surface area contributed by atoms with Gasteiger partial charge in [-0.15, -0.1) is 0 Å². The van der Waals surface area contributed by atoms with Crippen LogP contribution >= 0.6 is 0 Å². The van der Waals surface area contributed by atoms with Gasteiger partial charge in [-0.05, 0) is 46.2 Å². The summed E-state index contributed by atoms with van der Waals surface area (Å²) in [5.74, 6) is -0.289. The third kappa shape index (κ3) is 4.30. The molecule has 0 aromatic rings. The van der Waals surface area contributed by atoms with Crippen LogP contribution in [0, 0.1) is 0 Å². The molecule has 0 saturated carbocycles. The van der Waals surface area contributed by atoms with Crippen LogP contribution in [0.4, 0.5) is 0 Å². The molecule has 0 N–H and O–H groups in total. The molecule has 5 heteroatoms. The topological polar surface area (TPSA) is 35.5 Å². The molecule has 116 valence electrons. The van der Waals surface area contributed by atoms with Crippen LogP contribution in [0.2, 0.25) is 32.2 Å². The molecule has 0 aromatic carbocycles. The summed E-state index contributed by atoms with van der Waals surface area (Å²) in [6.07, 6.45) is 2.98. The zero-order chi connectivity index (χ0) is 15.6. The zero-order valence-corrected chi connectivity index (χ0v) is 16.0. The minimum atomic E-state index is -1.54. The molecule has 0 bridgehead atoms. The van der Waals surface area contributed by atoms with Crippen LogP contribution in [0.5, 0.6) is 0 Å². The molecule has 1 rings (SSSR count). The maximum atomic E-state index is 11.3. The first kappa shape index (κ1) is 17.7. The van der Waals surface area contributed by atoms with Gasteiger partial charge in [-0.25, -0.2) is 4.79 Å². The molecular weight excluding hydrogens is 284 g/mol. The van der Waals surface area contributed by atoms with Crippen LogP contribution in [0.1, 0.15) is 33.1 Å². The summed E-state index contributed by atoms with van der Waals surface area (Å²) >= 11 is 0. The van der Waals surface area contributed by atoms with E-state index in [0.717, 1.165) is 19.3 Å². The number of rotatable bonds is 5. The SMILES string of the molecule is C=C(C)C(=O)OCCCC1(C)CC[Si](C)(C)[Si](C)(C)O1. The highest BCUT2D eigenvalue weighted by atomic mass is 29.3. The van der Waals surface area contributed by atoms with Crippen LogP contribution in [0.3, 0.4) is 0 Å². The van der Waals surface area contributed by atoms with E-state index in [9.17, 15) is 4.79 Å². The van der Waals surface area contributed by atoms with E-state index >= 15 is 0 Å². The number of hydrogen-bond donors (Lipinski definition) is 0. The molecule has 1 atom stereocenters. The van der Waals surface area contributed by atoms with Crippen molar-refractivity contribution in [1.29, 1.82) is 0 Å². The molecule has 1 aliphatic rings. The van der Waals surface area contributed by atoms with Crippen LogP contribution < -0.4 is 0 Å². The van der Waals surface area contributed by atoms with E-state index in [1.807, 2.05) is 0 Å². The summed E-state index contributed by atoms with van der Waals surface area (Å²) in [5.41, 5.74) is 0.444. The average molecular weight is 315 g/mol. The molecule has 0 radical (unpaired) electrons. The fourth-order valence-corrected chi connectivity index (χ4v) is 9.81. The summed E-state index contributed by atoms with van der Waals surface area (Å²) in [6.45, 7) is 17.6. The molecule has 20 heavy (non-hydrogen) atoms. The van der Waals surface area contributed by atoms with Crippen molar-refractivity contribution in [3.63, 3.8) is 0 Å². The predicted molar refractivity (Wildman–Crippen MR) is 88.9 cm³/mol. The Labute approximate surface area is 125 Å². The first-order chi connectivity index (χ1) is 8.99. The highest BCUT2D eigenvalue weighted by Crippen LogP contribution is 2.40. The van der Waals surface area contributed by atoms with Gasteiger partial charge in [-0.2, -0.15) is 0 Å². The van der Waals surface area contributed by atoms with Gasteiger partial charge in [-0.1, -0.05) is 25.7 Å². The Balaban J connectivity index is 2.44. The first-order valence-corrected chi connectivity index (χ1v) is 14.6. The van der Waals surface area contributed by atoms with E-state index in [-0.39, 0.29) is 11.6 Å². The largest absolute Gasteiger partial charge is 0.462 e. The lowest BCUT2D eigenvalue weighted by Gasteiger charge is -2.51. The molecular formula is C15H30O3Si2. The van der Waals surface area contributed by atoms with E-state index in [1.165, 1.54) is 6.04 Å². The summed E-state index contributed by atoms with van der Waals surface area (Å²) in [5, 5.41) is 0. The molecule has 1 saturated heterocycles. The maximum absolute atomic E-state index is 11.3. The van der Waals surface area contributed by atoms with Gasteiger partial charge in [0, 0.05) is 5.57 Å². The third-order valence-electron chi connectivity index (χ3n) is 4.84. The average Bonchev–Trinajstić information content (AvgIpc) is 2.30. The van der Waals surface area contributed by atoms with Gasteiger partial charge < -0.3 is 9.16 Å². The second-order valence-corrected chi connectivity index (χ2v) is 22.6. The van der Waals surface area contributed by atoms with Gasteiger partial charge in [0.15, 0.2) is 7.83 Å². The van der Waals surface area contributed by atoms with Gasteiger partial charge in [0.2, 0.25) is 0 Å². The van der Waals surface area contributed by atoms with E-state index in [4.69, 9.17) is 9.16 Å². The number of esters is 1. The molecule has 0 amide bonds. The molecule has 0 spiro atoms. The van der Waals surface area contributed by atoms with Gasteiger partial charge in [0.05, 0.1) is 19.8 Å². The Hall–Kier alpha value is -0.396. The van der Waals surface area contributed by atoms with E-state index in [2.05, 4.69) is 39.7 Å². The highest BCUT2D eigenvalue weighted by Gasteiger charge is 2.51. The predicted octanol–water partition coefficient (Wildman–Crippen LogP) is 4.06. The van der Waals surface area contributed by atoms with Crippen LogP contribution in [0.15, 0.2) is 12.2 Å². The molecule has 3 nitrogen and oxygen atoms in total. The van der Waals surface area contributed by atoms with Crippen molar-refractivity contribution in [2.75, 3.05) is 6.61 Å².